The van der Waals surface area contributed by atoms with Crippen molar-refractivity contribution < 1.29 is 19.1 Å². The van der Waals surface area contributed by atoms with Gasteiger partial charge in [0.2, 0.25) is 11.8 Å². The molecule has 0 aliphatic heterocycles. The zero-order valence-electron chi connectivity index (χ0n) is 16.7. The monoisotopic (exact) mass is 397 g/mol. The fourth-order valence-corrected chi connectivity index (χ4v) is 2.37. The van der Waals surface area contributed by atoms with Gasteiger partial charge in [-0.15, -0.1) is 0 Å². The summed E-state index contributed by atoms with van der Waals surface area (Å²) < 4.78 is 5.66. The summed E-state index contributed by atoms with van der Waals surface area (Å²) in [4.78, 5) is 35.8. The van der Waals surface area contributed by atoms with Gasteiger partial charge in [0, 0.05) is 24.9 Å². The van der Waals surface area contributed by atoms with Crippen LogP contribution in [0.15, 0.2) is 54.6 Å². The van der Waals surface area contributed by atoms with Crippen LogP contribution in [0.1, 0.15) is 49.0 Å². The predicted octanol–water partition coefficient (Wildman–Crippen LogP) is 2.72. The highest BCUT2D eigenvalue weighted by atomic mass is 16.5. The van der Waals surface area contributed by atoms with E-state index in [-0.39, 0.29) is 24.9 Å². The van der Waals surface area contributed by atoms with Crippen LogP contribution in [0, 0.1) is 0 Å². The van der Waals surface area contributed by atoms with Crippen LogP contribution >= 0.6 is 0 Å². The molecule has 7 heteroatoms. The van der Waals surface area contributed by atoms with Crippen LogP contribution in [0.4, 0.5) is 0 Å². The fourth-order valence-electron chi connectivity index (χ4n) is 2.37. The molecule has 0 bridgehead atoms. The molecule has 7 nitrogen and oxygen atoms in total. The highest BCUT2D eigenvalue weighted by Crippen LogP contribution is 2.14. The number of ether oxygens (including phenoxy) is 1. The van der Waals surface area contributed by atoms with Crippen molar-refractivity contribution in [2.45, 2.75) is 45.8 Å². The molecule has 0 heterocycles. The molecule has 0 radical (unpaired) electrons. The molecule has 0 spiro atoms. The molecular weight excluding hydrogens is 370 g/mol. The van der Waals surface area contributed by atoms with Gasteiger partial charge in [0.15, 0.2) is 0 Å². The van der Waals surface area contributed by atoms with Gasteiger partial charge in [-0.25, -0.2) is 0 Å². The molecule has 154 valence electrons. The van der Waals surface area contributed by atoms with Crippen LogP contribution in [0.2, 0.25) is 0 Å². The van der Waals surface area contributed by atoms with Gasteiger partial charge in [0.05, 0.1) is 6.10 Å². The highest BCUT2D eigenvalue weighted by molar-refractivity contribution is 5.95. The van der Waals surface area contributed by atoms with Gasteiger partial charge in [-0.3, -0.25) is 25.2 Å². The standard InChI is InChI=1S/C22H27N3O4/c1-3-16(2)29-19-11-9-18(10-12-19)22(28)25-24-21(27)14-13-20(26)23-15-17-7-5-4-6-8-17/h4-12,16H,3,13-15H2,1-2H3,(H,23,26)(H,24,27)(H,25,28). The number of hydrogen-bond donors (Lipinski definition) is 3. The second-order valence-corrected chi connectivity index (χ2v) is 6.63. The first-order valence-electron chi connectivity index (χ1n) is 9.64. The minimum atomic E-state index is -0.443. The summed E-state index contributed by atoms with van der Waals surface area (Å²) in [6.45, 7) is 4.41. The Bertz CT molecular complexity index is 807. The van der Waals surface area contributed by atoms with Crippen molar-refractivity contribution in [3.05, 3.63) is 65.7 Å². The highest BCUT2D eigenvalue weighted by Gasteiger charge is 2.10. The average molecular weight is 397 g/mol. The molecule has 2 aromatic rings. The quantitative estimate of drug-likeness (QED) is 0.567. The number of hydrogen-bond acceptors (Lipinski definition) is 4. The van der Waals surface area contributed by atoms with E-state index < -0.39 is 11.8 Å². The molecule has 0 aromatic heterocycles. The number of rotatable bonds is 9. The Morgan fingerprint density at radius 1 is 0.897 bits per heavy atom. The maximum absolute atomic E-state index is 12.1. The summed E-state index contributed by atoms with van der Waals surface area (Å²) >= 11 is 0. The van der Waals surface area contributed by atoms with E-state index in [0.717, 1.165) is 12.0 Å². The average Bonchev–Trinajstić information content (AvgIpc) is 2.75. The Kier molecular flexibility index (Phi) is 8.69. The zero-order valence-corrected chi connectivity index (χ0v) is 16.7. The lowest BCUT2D eigenvalue weighted by Crippen LogP contribution is -2.42. The smallest absolute Gasteiger partial charge is 0.269 e. The number of nitrogens with one attached hydrogen (secondary N) is 3. The summed E-state index contributed by atoms with van der Waals surface area (Å²) in [6.07, 6.45) is 0.996. The van der Waals surface area contributed by atoms with E-state index >= 15 is 0 Å². The summed E-state index contributed by atoms with van der Waals surface area (Å²) in [5.74, 6) is -0.430. The van der Waals surface area contributed by atoms with Crippen LogP contribution in [0.3, 0.4) is 0 Å². The van der Waals surface area contributed by atoms with Crippen molar-refractivity contribution in [2.75, 3.05) is 0 Å². The molecule has 3 amide bonds. The molecule has 1 unspecified atom stereocenters. The Morgan fingerprint density at radius 3 is 2.21 bits per heavy atom. The maximum atomic E-state index is 12.1. The third-order valence-corrected chi connectivity index (χ3v) is 4.26. The second kappa shape index (κ2) is 11.5. The molecule has 2 rings (SSSR count). The number of carbonyl (C=O) groups excluding carboxylic acids is 3. The lowest BCUT2D eigenvalue weighted by atomic mass is 10.2. The van der Waals surface area contributed by atoms with Crippen molar-refractivity contribution in [3.8, 4) is 5.75 Å². The molecule has 0 aliphatic carbocycles. The third-order valence-electron chi connectivity index (χ3n) is 4.26. The third kappa shape index (κ3) is 8.04. The minimum Gasteiger partial charge on any atom is -0.491 e. The van der Waals surface area contributed by atoms with Crippen LogP contribution in [0.5, 0.6) is 5.75 Å². The Labute approximate surface area is 170 Å². The summed E-state index contributed by atoms with van der Waals surface area (Å²) in [5.41, 5.74) is 6.03. The first-order chi connectivity index (χ1) is 14.0. The van der Waals surface area contributed by atoms with Crippen molar-refractivity contribution in [1.82, 2.24) is 16.2 Å². The fraction of sp³-hybridized carbons (Fsp3) is 0.318. The van der Waals surface area contributed by atoms with Crippen LogP contribution in [0.25, 0.3) is 0 Å². The SMILES string of the molecule is CCC(C)Oc1ccc(C(=O)NNC(=O)CCC(=O)NCc2ccccc2)cc1. The molecule has 3 N–H and O–H groups in total. The van der Waals surface area contributed by atoms with Gasteiger partial charge >= 0.3 is 0 Å². The Balaban J connectivity index is 1.67. The van der Waals surface area contributed by atoms with Gasteiger partial charge in [-0.05, 0) is 43.2 Å². The molecule has 0 saturated carbocycles. The number of hydrazine groups is 1. The molecule has 0 aliphatic rings. The molecule has 1 atom stereocenters. The zero-order chi connectivity index (χ0) is 21.1. The first-order valence-corrected chi connectivity index (χ1v) is 9.64. The molecule has 0 saturated heterocycles. The normalized spacial score (nSPS) is 11.2. The van der Waals surface area contributed by atoms with Gasteiger partial charge in [-0.1, -0.05) is 37.3 Å². The molecule has 0 fully saturated rings. The van der Waals surface area contributed by atoms with Gasteiger partial charge < -0.3 is 10.1 Å². The molecule has 29 heavy (non-hydrogen) atoms. The van der Waals surface area contributed by atoms with Crippen molar-refractivity contribution in [1.29, 1.82) is 0 Å². The predicted molar refractivity (Wildman–Crippen MR) is 110 cm³/mol. The topological polar surface area (TPSA) is 96.5 Å². The van der Waals surface area contributed by atoms with E-state index in [1.165, 1.54) is 0 Å². The number of amides is 3. The van der Waals surface area contributed by atoms with Crippen LogP contribution in [-0.2, 0) is 16.1 Å². The number of carbonyl (C=O) groups is 3. The van der Waals surface area contributed by atoms with E-state index in [0.29, 0.717) is 17.9 Å². The summed E-state index contributed by atoms with van der Waals surface area (Å²) in [6, 6.07) is 16.2. The number of benzene rings is 2. The lowest BCUT2D eigenvalue weighted by molar-refractivity contribution is -0.126. The van der Waals surface area contributed by atoms with Gasteiger partial charge in [0.25, 0.3) is 5.91 Å². The van der Waals surface area contributed by atoms with Gasteiger partial charge in [-0.2, -0.15) is 0 Å². The minimum absolute atomic E-state index is 0.0252. The first kappa shape index (κ1) is 21.9. The molecular formula is C22H27N3O4. The van der Waals surface area contributed by atoms with Crippen molar-refractivity contribution in [2.24, 2.45) is 0 Å². The van der Waals surface area contributed by atoms with E-state index in [4.69, 9.17) is 4.74 Å². The summed E-state index contributed by atoms with van der Waals surface area (Å²) in [7, 11) is 0. The van der Waals surface area contributed by atoms with E-state index in [9.17, 15) is 14.4 Å². The van der Waals surface area contributed by atoms with E-state index in [1.807, 2.05) is 44.2 Å². The Morgan fingerprint density at radius 2 is 1.55 bits per heavy atom. The lowest BCUT2D eigenvalue weighted by Gasteiger charge is -2.13. The van der Waals surface area contributed by atoms with E-state index in [2.05, 4.69) is 16.2 Å². The Hall–Kier alpha value is -3.35. The van der Waals surface area contributed by atoms with E-state index in [1.54, 1.807) is 24.3 Å². The van der Waals surface area contributed by atoms with Crippen LogP contribution in [-0.4, -0.2) is 23.8 Å². The van der Waals surface area contributed by atoms with Crippen LogP contribution < -0.4 is 20.9 Å². The largest absolute Gasteiger partial charge is 0.491 e. The van der Waals surface area contributed by atoms with Gasteiger partial charge in [0.1, 0.15) is 5.75 Å². The molecule has 2 aromatic carbocycles. The summed E-state index contributed by atoms with van der Waals surface area (Å²) in [5, 5.41) is 2.75. The second-order valence-electron chi connectivity index (χ2n) is 6.63. The van der Waals surface area contributed by atoms with Crippen molar-refractivity contribution >= 4 is 17.7 Å². The van der Waals surface area contributed by atoms with Crippen molar-refractivity contribution in [3.63, 3.8) is 0 Å². The maximum Gasteiger partial charge on any atom is 0.269 e.